The summed E-state index contributed by atoms with van der Waals surface area (Å²) in [6, 6.07) is 5.65. The SMILES string of the molecule is Cc1nc(CC(=O)Nc2nc(-c3ccccn3)cs2)cs1. The number of aromatic nitrogens is 3. The van der Waals surface area contributed by atoms with E-state index >= 15 is 0 Å². The number of thiazole rings is 2. The van der Waals surface area contributed by atoms with E-state index in [0.29, 0.717) is 5.13 Å². The smallest absolute Gasteiger partial charge is 0.232 e. The van der Waals surface area contributed by atoms with E-state index in [1.165, 1.54) is 11.3 Å². The lowest BCUT2D eigenvalue weighted by atomic mass is 10.3. The molecule has 0 spiro atoms. The van der Waals surface area contributed by atoms with Crippen molar-refractivity contribution in [2.24, 2.45) is 0 Å². The number of amides is 1. The summed E-state index contributed by atoms with van der Waals surface area (Å²) in [5.41, 5.74) is 2.35. The van der Waals surface area contributed by atoms with Crippen LogP contribution in [0.15, 0.2) is 35.2 Å². The van der Waals surface area contributed by atoms with Crippen molar-refractivity contribution in [1.29, 1.82) is 0 Å². The van der Waals surface area contributed by atoms with E-state index in [1.807, 2.05) is 35.9 Å². The van der Waals surface area contributed by atoms with Crippen molar-refractivity contribution in [2.45, 2.75) is 13.3 Å². The summed E-state index contributed by atoms with van der Waals surface area (Å²) in [5, 5.41) is 8.11. The lowest BCUT2D eigenvalue weighted by Gasteiger charge is -1.99. The van der Waals surface area contributed by atoms with Crippen LogP contribution in [0.3, 0.4) is 0 Å². The summed E-state index contributed by atoms with van der Waals surface area (Å²) < 4.78 is 0. The molecule has 0 bridgehead atoms. The Balaban J connectivity index is 1.66. The molecule has 1 amide bonds. The van der Waals surface area contributed by atoms with Gasteiger partial charge in [-0.25, -0.2) is 9.97 Å². The summed E-state index contributed by atoms with van der Waals surface area (Å²) in [5.74, 6) is -0.109. The van der Waals surface area contributed by atoms with Crippen LogP contribution in [0.5, 0.6) is 0 Å². The molecule has 0 fully saturated rings. The number of pyridine rings is 1. The standard InChI is InChI=1S/C14H12N4OS2/c1-9-16-10(7-20-9)6-13(19)18-14-17-12(8-21-14)11-4-2-3-5-15-11/h2-5,7-8H,6H2,1H3,(H,17,18,19). The number of anilines is 1. The van der Waals surface area contributed by atoms with Gasteiger partial charge in [-0.1, -0.05) is 6.07 Å². The fourth-order valence-corrected chi connectivity index (χ4v) is 3.11. The maximum absolute atomic E-state index is 11.9. The van der Waals surface area contributed by atoms with Gasteiger partial charge in [-0.05, 0) is 19.1 Å². The van der Waals surface area contributed by atoms with Gasteiger partial charge in [0.25, 0.3) is 0 Å². The number of hydrogen-bond donors (Lipinski definition) is 1. The van der Waals surface area contributed by atoms with Crippen molar-refractivity contribution >= 4 is 33.7 Å². The molecule has 0 saturated heterocycles. The molecule has 0 aliphatic heterocycles. The maximum Gasteiger partial charge on any atom is 0.232 e. The Morgan fingerprint density at radius 1 is 1.19 bits per heavy atom. The molecule has 3 aromatic rings. The zero-order chi connectivity index (χ0) is 14.7. The van der Waals surface area contributed by atoms with Crippen LogP contribution in [0.4, 0.5) is 5.13 Å². The highest BCUT2D eigenvalue weighted by Crippen LogP contribution is 2.23. The van der Waals surface area contributed by atoms with Crippen molar-refractivity contribution in [3.8, 4) is 11.4 Å². The van der Waals surface area contributed by atoms with Gasteiger partial charge in [0.2, 0.25) is 5.91 Å². The Morgan fingerprint density at radius 3 is 2.81 bits per heavy atom. The number of hydrogen-bond acceptors (Lipinski definition) is 6. The Labute approximate surface area is 129 Å². The van der Waals surface area contributed by atoms with Gasteiger partial charge in [-0.3, -0.25) is 9.78 Å². The molecule has 3 heterocycles. The molecule has 0 radical (unpaired) electrons. The molecule has 0 unspecified atom stereocenters. The minimum atomic E-state index is -0.109. The quantitative estimate of drug-likeness (QED) is 0.803. The highest BCUT2D eigenvalue weighted by Gasteiger charge is 2.10. The molecular formula is C14H12N4OS2. The number of carbonyl (C=O) groups is 1. The first-order chi connectivity index (χ1) is 10.2. The largest absolute Gasteiger partial charge is 0.302 e. The molecule has 0 aromatic carbocycles. The Bertz CT molecular complexity index is 751. The summed E-state index contributed by atoms with van der Waals surface area (Å²) in [6.45, 7) is 1.92. The fourth-order valence-electron chi connectivity index (χ4n) is 1.78. The third kappa shape index (κ3) is 3.50. The van der Waals surface area contributed by atoms with Gasteiger partial charge in [0.05, 0.1) is 22.8 Å². The van der Waals surface area contributed by atoms with Crippen molar-refractivity contribution in [3.05, 3.63) is 45.9 Å². The first-order valence-electron chi connectivity index (χ1n) is 6.28. The molecule has 106 valence electrons. The Hall–Kier alpha value is -2.12. The molecule has 21 heavy (non-hydrogen) atoms. The van der Waals surface area contributed by atoms with Gasteiger partial charge in [0.15, 0.2) is 5.13 Å². The van der Waals surface area contributed by atoms with E-state index in [1.54, 1.807) is 17.5 Å². The van der Waals surface area contributed by atoms with E-state index in [0.717, 1.165) is 22.1 Å². The maximum atomic E-state index is 11.9. The molecule has 3 rings (SSSR count). The van der Waals surface area contributed by atoms with Gasteiger partial charge in [-0.2, -0.15) is 0 Å². The van der Waals surface area contributed by atoms with E-state index in [4.69, 9.17) is 0 Å². The molecule has 0 atom stereocenters. The third-order valence-electron chi connectivity index (χ3n) is 2.69. The van der Waals surface area contributed by atoms with Crippen LogP contribution in [-0.4, -0.2) is 20.9 Å². The monoisotopic (exact) mass is 316 g/mol. The first-order valence-corrected chi connectivity index (χ1v) is 8.04. The predicted octanol–water partition coefficient (Wildman–Crippen LogP) is 3.15. The van der Waals surface area contributed by atoms with Crippen LogP contribution in [0.1, 0.15) is 10.7 Å². The van der Waals surface area contributed by atoms with E-state index in [2.05, 4.69) is 20.3 Å². The lowest BCUT2D eigenvalue weighted by molar-refractivity contribution is -0.115. The number of nitrogens with one attached hydrogen (secondary N) is 1. The molecule has 0 aliphatic carbocycles. The summed E-state index contributed by atoms with van der Waals surface area (Å²) in [6.07, 6.45) is 1.99. The van der Waals surface area contributed by atoms with E-state index in [-0.39, 0.29) is 12.3 Å². The normalized spacial score (nSPS) is 10.5. The fraction of sp³-hybridized carbons (Fsp3) is 0.143. The third-order valence-corrected chi connectivity index (χ3v) is 4.27. The lowest BCUT2D eigenvalue weighted by Crippen LogP contribution is -2.14. The topological polar surface area (TPSA) is 67.8 Å². The predicted molar refractivity (Wildman–Crippen MR) is 84.5 cm³/mol. The Morgan fingerprint density at radius 2 is 2.10 bits per heavy atom. The molecule has 5 nitrogen and oxygen atoms in total. The van der Waals surface area contributed by atoms with E-state index in [9.17, 15) is 4.79 Å². The highest BCUT2D eigenvalue weighted by molar-refractivity contribution is 7.14. The van der Waals surface area contributed by atoms with Crippen LogP contribution in [0, 0.1) is 6.92 Å². The number of carbonyl (C=O) groups excluding carboxylic acids is 1. The van der Waals surface area contributed by atoms with Crippen LogP contribution in [0.2, 0.25) is 0 Å². The summed E-state index contributed by atoms with van der Waals surface area (Å²) in [7, 11) is 0. The number of rotatable bonds is 4. The zero-order valence-corrected chi connectivity index (χ0v) is 12.9. The molecule has 0 aliphatic rings. The zero-order valence-electron chi connectivity index (χ0n) is 11.2. The average molecular weight is 316 g/mol. The van der Waals surface area contributed by atoms with Crippen molar-refractivity contribution < 1.29 is 4.79 Å². The van der Waals surface area contributed by atoms with Gasteiger partial charge in [-0.15, -0.1) is 22.7 Å². The minimum Gasteiger partial charge on any atom is -0.302 e. The van der Waals surface area contributed by atoms with Crippen LogP contribution < -0.4 is 5.32 Å². The number of nitrogens with zero attached hydrogens (tertiary/aromatic N) is 3. The Kier molecular flexibility index (Phi) is 4.03. The second-order valence-corrected chi connectivity index (χ2v) is 6.26. The molecular weight excluding hydrogens is 304 g/mol. The van der Waals surface area contributed by atoms with Gasteiger partial charge in [0.1, 0.15) is 5.69 Å². The molecule has 3 aromatic heterocycles. The van der Waals surface area contributed by atoms with E-state index < -0.39 is 0 Å². The van der Waals surface area contributed by atoms with Crippen molar-refractivity contribution in [1.82, 2.24) is 15.0 Å². The second-order valence-electron chi connectivity index (χ2n) is 4.34. The summed E-state index contributed by atoms with van der Waals surface area (Å²) >= 11 is 2.93. The van der Waals surface area contributed by atoms with Crippen molar-refractivity contribution in [3.63, 3.8) is 0 Å². The molecule has 0 saturated carbocycles. The van der Waals surface area contributed by atoms with Gasteiger partial charge < -0.3 is 5.32 Å². The number of aryl methyl sites for hydroxylation is 1. The van der Waals surface area contributed by atoms with Crippen molar-refractivity contribution in [2.75, 3.05) is 5.32 Å². The van der Waals surface area contributed by atoms with Gasteiger partial charge >= 0.3 is 0 Å². The highest BCUT2D eigenvalue weighted by atomic mass is 32.1. The molecule has 7 heteroatoms. The van der Waals surface area contributed by atoms with Gasteiger partial charge in [0, 0.05) is 17.0 Å². The van der Waals surface area contributed by atoms with Crippen LogP contribution in [-0.2, 0) is 11.2 Å². The first kappa shape index (κ1) is 13.8. The average Bonchev–Trinajstić information content (AvgIpc) is 3.09. The van der Waals surface area contributed by atoms with Crippen LogP contribution >= 0.6 is 22.7 Å². The minimum absolute atomic E-state index is 0.109. The van der Waals surface area contributed by atoms with Crippen LogP contribution in [0.25, 0.3) is 11.4 Å². The summed E-state index contributed by atoms with van der Waals surface area (Å²) in [4.78, 5) is 24.8. The second kappa shape index (κ2) is 6.11. The molecule has 1 N–H and O–H groups in total.